The van der Waals surface area contributed by atoms with E-state index in [2.05, 4.69) is 0 Å². The lowest BCUT2D eigenvalue weighted by Gasteiger charge is -2.39. The van der Waals surface area contributed by atoms with E-state index in [-0.39, 0.29) is 12.6 Å². The van der Waals surface area contributed by atoms with Crippen LogP contribution in [0.2, 0.25) is 0 Å². The van der Waals surface area contributed by atoms with E-state index in [0.29, 0.717) is 13.3 Å². The molecule has 1 unspecified atom stereocenters. The zero-order valence-corrected chi connectivity index (χ0v) is 14.4. The van der Waals surface area contributed by atoms with Crippen molar-refractivity contribution in [3.63, 3.8) is 0 Å². The Morgan fingerprint density at radius 3 is 2.38 bits per heavy atom. The monoisotopic (exact) mass is 349 g/mol. The minimum atomic E-state index is -1.42. The number of hydrogen-bond donors (Lipinski definition) is 3. The summed E-state index contributed by atoms with van der Waals surface area (Å²) < 4.78 is 22.3. The summed E-state index contributed by atoms with van der Waals surface area (Å²) in [5.41, 5.74) is 0. The number of ether oxygens (including phenoxy) is 3. The first-order valence-corrected chi connectivity index (χ1v) is 8.68. The van der Waals surface area contributed by atoms with E-state index < -0.39 is 30.7 Å². The van der Waals surface area contributed by atoms with Crippen LogP contribution in [0, 0.1) is 0 Å². The Balaban J connectivity index is 2.14. The van der Waals surface area contributed by atoms with Gasteiger partial charge in [-0.3, -0.25) is 4.79 Å². The molecule has 0 aromatic carbocycles. The topological polar surface area (TPSA) is 105 Å². The standard InChI is InChI=1S/C17H32O7/c1-3-4-5-6-7-8-9-10-13(18)23-11-12-14(19)15(20)16(21)17(22-2)24-12/h12,14-17,19-21H,3-11H2,1-2H3/t12-,14-,15+,16-,17?/m1/s1/i1D. The third-order valence-corrected chi connectivity index (χ3v) is 4.19. The first-order chi connectivity index (χ1) is 12.0. The van der Waals surface area contributed by atoms with E-state index in [1.807, 2.05) is 0 Å². The van der Waals surface area contributed by atoms with Crippen molar-refractivity contribution in [1.82, 2.24) is 0 Å². The maximum Gasteiger partial charge on any atom is 0.305 e. The summed E-state index contributed by atoms with van der Waals surface area (Å²) in [6.07, 6.45) is 1.23. The number of carbonyl (C=O) groups is 1. The molecule has 7 nitrogen and oxygen atoms in total. The minimum absolute atomic E-state index is 0.198. The van der Waals surface area contributed by atoms with Crippen molar-refractivity contribution in [3.05, 3.63) is 0 Å². The number of methoxy groups -OCH3 is 1. The smallest absolute Gasteiger partial charge is 0.305 e. The molecule has 0 spiro atoms. The highest BCUT2D eigenvalue weighted by Crippen LogP contribution is 2.22. The average Bonchev–Trinajstić information content (AvgIpc) is 2.61. The maximum absolute atomic E-state index is 11.7. The summed E-state index contributed by atoms with van der Waals surface area (Å²) in [5.74, 6) is -0.375. The largest absolute Gasteiger partial charge is 0.463 e. The van der Waals surface area contributed by atoms with Gasteiger partial charge in [0.15, 0.2) is 6.29 Å². The van der Waals surface area contributed by atoms with Gasteiger partial charge in [0.25, 0.3) is 0 Å². The molecule has 0 aromatic heterocycles. The highest BCUT2D eigenvalue weighted by molar-refractivity contribution is 5.69. The van der Waals surface area contributed by atoms with Gasteiger partial charge in [-0.2, -0.15) is 0 Å². The van der Waals surface area contributed by atoms with Crippen molar-refractivity contribution in [2.24, 2.45) is 0 Å². The van der Waals surface area contributed by atoms with Crippen LogP contribution in [0.15, 0.2) is 0 Å². The predicted molar refractivity (Wildman–Crippen MR) is 87.3 cm³/mol. The minimum Gasteiger partial charge on any atom is -0.463 e. The molecule has 1 aliphatic rings. The predicted octanol–water partition coefficient (Wildman–Crippen LogP) is 1.12. The summed E-state index contributed by atoms with van der Waals surface area (Å²) >= 11 is 0. The fraction of sp³-hybridized carbons (Fsp3) is 0.941. The van der Waals surface area contributed by atoms with Crippen LogP contribution in [0.3, 0.4) is 0 Å². The van der Waals surface area contributed by atoms with Crippen molar-refractivity contribution in [2.75, 3.05) is 13.7 Å². The number of aliphatic hydroxyl groups excluding tert-OH is 3. The van der Waals surface area contributed by atoms with Crippen LogP contribution in [0.1, 0.15) is 59.6 Å². The van der Waals surface area contributed by atoms with E-state index in [9.17, 15) is 20.1 Å². The molecule has 0 radical (unpaired) electrons. The molecule has 0 aromatic rings. The quantitative estimate of drug-likeness (QED) is 0.379. The van der Waals surface area contributed by atoms with Crippen LogP contribution in [-0.4, -0.2) is 65.7 Å². The normalized spacial score (nSPS) is 30.8. The second-order valence-corrected chi connectivity index (χ2v) is 6.16. The summed E-state index contributed by atoms with van der Waals surface area (Å²) in [7, 11) is 1.31. The van der Waals surface area contributed by atoms with Gasteiger partial charge in [-0.1, -0.05) is 45.4 Å². The number of unbranched alkanes of at least 4 members (excludes halogenated alkanes) is 6. The molecule has 7 heteroatoms. The fourth-order valence-electron chi connectivity index (χ4n) is 2.65. The number of carbonyl (C=O) groups excluding carboxylic acids is 1. The summed E-state index contributed by atoms with van der Waals surface area (Å²) in [6.45, 7) is 0.295. The molecule has 3 N–H and O–H groups in total. The summed E-state index contributed by atoms with van der Waals surface area (Å²) in [6, 6.07) is 0. The highest BCUT2D eigenvalue weighted by atomic mass is 16.7. The van der Waals surface area contributed by atoms with Crippen LogP contribution in [0.25, 0.3) is 0 Å². The molecule has 0 amide bonds. The molecule has 142 valence electrons. The molecule has 1 heterocycles. The number of rotatable bonds is 11. The van der Waals surface area contributed by atoms with Gasteiger partial charge in [0, 0.05) is 14.9 Å². The van der Waals surface area contributed by atoms with Gasteiger partial charge in [0.2, 0.25) is 0 Å². The molecular weight excluding hydrogens is 316 g/mol. The van der Waals surface area contributed by atoms with E-state index >= 15 is 0 Å². The lowest BCUT2D eigenvalue weighted by Crippen LogP contribution is -2.59. The van der Waals surface area contributed by atoms with E-state index in [0.717, 1.165) is 44.9 Å². The maximum atomic E-state index is 11.7. The third-order valence-electron chi connectivity index (χ3n) is 4.19. The van der Waals surface area contributed by atoms with Crippen LogP contribution in [-0.2, 0) is 19.0 Å². The first kappa shape index (κ1) is 19.6. The second-order valence-electron chi connectivity index (χ2n) is 6.16. The molecule has 1 saturated heterocycles. The van der Waals surface area contributed by atoms with Crippen LogP contribution in [0.4, 0.5) is 0 Å². The lowest BCUT2D eigenvalue weighted by atomic mass is 9.99. The molecular formula is C17H32O7. The Hall–Kier alpha value is -0.730. The first-order valence-electron chi connectivity index (χ1n) is 9.39. The van der Waals surface area contributed by atoms with Gasteiger partial charge in [-0.25, -0.2) is 0 Å². The fourth-order valence-corrected chi connectivity index (χ4v) is 2.65. The van der Waals surface area contributed by atoms with Crippen molar-refractivity contribution < 1.29 is 35.7 Å². The van der Waals surface area contributed by atoms with E-state index in [4.69, 9.17) is 15.6 Å². The van der Waals surface area contributed by atoms with Gasteiger partial charge < -0.3 is 29.5 Å². The Kier molecular flexibility index (Phi) is 9.60. The van der Waals surface area contributed by atoms with E-state index in [1.54, 1.807) is 0 Å². The summed E-state index contributed by atoms with van der Waals surface area (Å²) in [4.78, 5) is 11.7. The Labute approximate surface area is 145 Å². The molecule has 1 aliphatic heterocycles. The van der Waals surface area contributed by atoms with Gasteiger partial charge in [0.05, 0.1) is 0 Å². The number of esters is 1. The average molecular weight is 349 g/mol. The van der Waals surface area contributed by atoms with Crippen LogP contribution >= 0.6 is 0 Å². The molecule has 0 aliphatic carbocycles. The Morgan fingerprint density at radius 1 is 1.04 bits per heavy atom. The number of aliphatic hydroxyl groups is 3. The lowest BCUT2D eigenvalue weighted by molar-refractivity contribution is -0.295. The molecule has 1 fully saturated rings. The second kappa shape index (κ2) is 11.8. The molecule has 0 saturated carbocycles. The zero-order chi connectivity index (χ0) is 18.7. The van der Waals surface area contributed by atoms with Crippen molar-refractivity contribution in [2.45, 2.75) is 89.0 Å². The Bertz CT molecular complexity index is 367. The molecule has 1 rings (SSSR count). The highest BCUT2D eigenvalue weighted by Gasteiger charge is 2.44. The zero-order valence-electron chi connectivity index (χ0n) is 15.4. The van der Waals surface area contributed by atoms with Crippen molar-refractivity contribution in [1.29, 1.82) is 0 Å². The Morgan fingerprint density at radius 2 is 1.71 bits per heavy atom. The van der Waals surface area contributed by atoms with Crippen molar-refractivity contribution >= 4 is 5.97 Å². The SMILES string of the molecule is [2H]CCCCCCCCCC(=O)OC[C@H]1OC(OC)[C@H](O)[C@@H](O)[C@@H]1O. The van der Waals surface area contributed by atoms with E-state index in [1.165, 1.54) is 7.11 Å². The summed E-state index contributed by atoms with van der Waals surface area (Å²) in [5, 5.41) is 29.3. The molecule has 24 heavy (non-hydrogen) atoms. The van der Waals surface area contributed by atoms with Gasteiger partial charge in [-0.15, -0.1) is 0 Å². The van der Waals surface area contributed by atoms with Gasteiger partial charge in [0.1, 0.15) is 31.0 Å². The van der Waals surface area contributed by atoms with Gasteiger partial charge in [-0.05, 0) is 6.42 Å². The van der Waals surface area contributed by atoms with Gasteiger partial charge >= 0.3 is 5.97 Å². The van der Waals surface area contributed by atoms with Crippen LogP contribution < -0.4 is 0 Å². The van der Waals surface area contributed by atoms with Crippen molar-refractivity contribution in [3.8, 4) is 0 Å². The molecule has 0 bridgehead atoms. The number of hydrogen-bond acceptors (Lipinski definition) is 7. The van der Waals surface area contributed by atoms with Crippen LogP contribution in [0.5, 0.6) is 0 Å². The third kappa shape index (κ3) is 7.03. The molecule has 5 atom stereocenters.